The van der Waals surface area contributed by atoms with Crippen molar-refractivity contribution in [2.45, 2.75) is 27.2 Å². The summed E-state index contributed by atoms with van der Waals surface area (Å²) >= 11 is 0. The highest BCUT2D eigenvalue weighted by atomic mass is 16.2. The van der Waals surface area contributed by atoms with E-state index >= 15 is 0 Å². The fourth-order valence-electron chi connectivity index (χ4n) is 1.65. The number of nitriles is 1. The molecule has 1 fully saturated rings. The van der Waals surface area contributed by atoms with Crippen molar-refractivity contribution in [1.29, 1.82) is 5.26 Å². The maximum Gasteiger partial charge on any atom is 0.225 e. The van der Waals surface area contributed by atoms with E-state index in [1.807, 2.05) is 18.7 Å². The van der Waals surface area contributed by atoms with Crippen molar-refractivity contribution in [3.8, 4) is 6.07 Å². The second kappa shape index (κ2) is 4.45. The number of nitrogens with zero attached hydrogens (tertiary/aromatic N) is 2. The molecule has 3 unspecified atom stereocenters. The maximum absolute atomic E-state index is 11.8. The van der Waals surface area contributed by atoms with Gasteiger partial charge in [0, 0.05) is 19.0 Å². The lowest BCUT2D eigenvalue weighted by molar-refractivity contribution is -0.133. The lowest BCUT2D eigenvalue weighted by Crippen LogP contribution is -2.35. The Kier molecular flexibility index (Phi) is 3.51. The fourth-order valence-corrected chi connectivity index (χ4v) is 1.65. The summed E-state index contributed by atoms with van der Waals surface area (Å²) in [5.41, 5.74) is 0. The third-order valence-electron chi connectivity index (χ3n) is 2.83. The Morgan fingerprint density at radius 1 is 1.71 bits per heavy atom. The largest absolute Gasteiger partial charge is 0.341 e. The van der Waals surface area contributed by atoms with Gasteiger partial charge in [-0.1, -0.05) is 6.92 Å². The molecule has 0 aromatic heterocycles. The minimum absolute atomic E-state index is 0.0621. The molecule has 1 rings (SSSR count). The molecule has 0 aromatic rings. The molecular weight excluding hydrogens is 176 g/mol. The second-order valence-corrected chi connectivity index (χ2v) is 4.23. The van der Waals surface area contributed by atoms with E-state index in [4.69, 9.17) is 5.26 Å². The summed E-state index contributed by atoms with van der Waals surface area (Å²) in [6, 6.07) is 2.16. The van der Waals surface area contributed by atoms with Crippen LogP contribution in [-0.4, -0.2) is 23.9 Å². The zero-order valence-corrected chi connectivity index (χ0v) is 9.16. The molecular formula is C11H18N2O. The van der Waals surface area contributed by atoms with Crippen molar-refractivity contribution in [2.24, 2.45) is 17.8 Å². The van der Waals surface area contributed by atoms with Crippen LogP contribution in [0.25, 0.3) is 0 Å². The zero-order valence-electron chi connectivity index (χ0n) is 9.16. The second-order valence-electron chi connectivity index (χ2n) is 4.23. The highest BCUT2D eigenvalue weighted by Crippen LogP contribution is 2.39. The average molecular weight is 194 g/mol. The predicted molar refractivity (Wildman–Crippen MR) is 54.3 cm³/mol. The third-order valence-corrected chi connectivity index (χ3v) is 2.83. The van der Waals surface area contributed by atoms with Crippen LogP contribution in [0.2, 0.25) is 0 Å². The summed E-state index contributed by atoms with van der Waals surface area (Å²) < 4.78 is 0. The molecule has 3 atom stereocenters. The number of rotatable bonds is 4. The molecule has 0 heterocycles. The van der Waals surface area contributed by atoms with Gasteiger partial charge in [0.05, 0.1) is 12.0 Å². The van der Waals surface area contributed by atoms with Crippen LogP contribution < -0.4 is 0 Å². The van der Waals surface area contributed by atoms with E-state index in [0.717, 1.165) is 6.42 Å². The zero-order chi connectivity index (χ0) is 10.7. The minimum atomic E-state index is -0.0621. The van der Waals surface area contributed by atoms with Crippen LogP contribution in [0, 0.1) is 29.1 Å². The van der Waals surface area contributed by atoms with Crippen LogP contribution >= 0.6 is 0 Å². The predicted octanol–water partition coefficient (Wildman–Crippen LogP) is 1.65. The smallest absolute Gasteiger partial charge is 0.225 e. The first kappa shape index (κ1) is 11.0. The fraction of sp³-hybridized carbons (Fsp3) is 0.818. The Morgan fingerprint density at radius 2 is 2.29 bits per heavy atom. The van der Waals surface area contributed by atoms with E-state index in [1.54, 1.807) is 0 Å². The highest BCUT2D eigenvalue weighted by molar-refractivity contribution is 5.81. The molecule has 0 N–H and O–H groups in total. The molecule has 1 aliphatic rings. The van der Waals surface area contributed by atoms with Crippen LogP contribution in [0.15, 0.2) is 0 Å². The van der Waals surface area contributed by atoms with Crippen molar-refractivity contribution in [2.75, 3.05) is 13.1 Å². The van der Waals surface area contributed by atoms with Gasteiger partial charge in [-0.3, -0.25) is 4.79 Å². The van der Waals surface area contributed by atoms with Crippen molar-refractivity contribution in [3.63, 3.8) is 0 Å². The molecule has 3 nitrogen and oxygen atoms in total. The molecule has 0 saturated heterocycles. The molecule has 1 amide bonds. The summed E-state index contributed by atoms with van der Waals surface area (Å²) in [6.45, 7) is 7.22. The lowest BCUT2D eigenvalue weighted by Gasteiger charge is -2.21. The van der Waals surface area contributed by atoms with Gasteiger partial charge in [0.25, 0.3) is 0 Å². The normalized spacial score (nSPS) is 26.4. The Hall–Kier alpha value is -1.04. The van der Waals surface area contributed by atoms with E-state index in [1.165, 1.54) is 0 Å². The minimum Gasteiger partial charge on any atom is -0.341 e. The number of amides is 1. The van der Waals surface area contributed by atoms with Crippen molar-refractivity contribution in [1.82, 2.24) is 4.90 Å². The van der Waals surface area contributed by atoms with Crippen LogP contribution in [-0.2, 0) is 4.79 Å². The van der Waals surface area contributed by atoms with Gasteiger partial charge < -0.3 is 4.90 Å². The third kappa shape index (κ3) is 2.47. The average Bonchev–Trinajstić information content (AvgIpc) is 2.90. The highest BCUT2D eigenvalue weighted by Gasteiger charge is 2.41. The van der Waals surface area contributed by atoms with Crippen LogP contribution in [0.1, 0.15) is 27.2 Å². The molecule has 3 heteroatoms. The summed E-state index contributed by atoms with van der Waals surface area (Å²) in [6.07, 6.45) is 1.02. The Labute approximate surface area is 85.7 Å². The molecule has 78 valence electrons. The number of carbonyl (C=O) groups excluding carboxylic acids is 1. The first-order valence-corrected chi connectivity index (χ1v) is 5.28. The molecule has 0 bridgehead atoms. The number of hydrogen-bond acceptors (Lipinski definition) is 2. The van der Waals surface area contributed by atoms with Gasteiger partial charge in [0.1, 0.15) is 0 Å². The summed E-state index contributed by atoms with van der Waals surface area (Å²) in [5.74, 6) is 0.963. The number of hydrogen-bond donors (Lipinski definition) is 0. The Morgan fingerprint density at radius 3 is 2.64 bits per heavy atom. The lowest BCUT2D eigenvalue weighted by atomic mass is 10.2. The first-order chi connectivity index (χ1) is 6.60. The van der Waals surface area contributed by atoms with Crippen LogP contribution in [0.3, 0.4) is 0 Å². The van der Waals surface area contributed by atoms with E-state index in [9.17, 15) is 4.79 Å². The van der Waals surface area contributed by atoms with Gasteiger partial charge in [-0.05, 0) is 26.2 Å². The molecule has 14 heavy (non-hydrogen) atoms. The molecule has 0 aliphatic heterocycles. The Balaban J connectivity index is 2.46. The summed E-state index contributed by atoms with van der Waals surface area (Å²) in [4.78, 5) is 13.6. The van der Waals surface area contributed by atoms with Gasteiger partial charge in [-0.15, -0.1) is 0 Å². The molecule has 1 aliphatic carbocycles. The van der Waals surface area contributed by atoms with Gasteiger partial charge in [-0.25, -0.2) is 0 Å². The van der Waals surface area contributed by atoms with Crippen molar-refractivity contribution < 1.29 is 4.79 Å². The van der Waals surface area contributed by atoms with E-state index < -0.39 is 0 Å². The van der Waals surface area contributed by atoms with Crippen molar-refractivity contribution in [3.05, 3.63) is 0 Å². The van der Waals surface area contributed by atoms with Gasteiger partial charge in [-0.2, -0.15) is 5.26 Å². The van der Waals surface area contributed by atoms with Gasteiger partial charge >= 0.3 is 0 Å². The molecule has 0 radical (unpaired) electrons. The topological polar surface area (TPSA) is 44.1 Å². The quantitative estimate of drug-likeness (QED) is 0.683. The van der Waals surface area contributed by atoms with E-state index in [-0.39, 0.29) is 17.7 Å². The summed E-state index contributed by atoms with van der Waals surface area (Å²) in [7, 11) is 0. The standard InChI is InChI=1S/C11H18N2O/c1-4-13(7-8(2)6-12)11(14)10-5-9(10)3/h8-10H,4-5,7H2,1-3H3. The molecule has 0 spiro atoms. The van der Waals surface area contributed by atoms with Crippen LogP contribution in [0.5, 0.6) is 0 Å². The first-order valence-electron chi connectivity index (χ1n) is 5.28. The number of carbonyl (C=O) groups is 1. The summed E-state index contributed by atoms with van der Waals surface area (Å²) in [5, 5.41) is 8.68. The monoisotopic (exact) mass is 194 g/mol. The molecule has 1 saturated carbocycles. The SMILES string of the molecule is CCN(CC(C)C#N)C(=O)C1CC1C. The van der Waals surface area contributed by atoms with E-state index in [2.05, 4.69) is 13.0 Å². The van der Waals surface area contributed by atoms with Crippen LogP contribution in [0.4, 0.5) is 0 Å². The van der Waals surface area contributed by atoms with E-state index in [0.29, 0.717) is 19.0 Å². The van der Waals surface area contributed by atoms with Gasteiger partial charge in [0.15, 0.2) is 0 Å². The maximum atomic E-state index is 11.8. The van der Waals surface area contributed by atoms with Gasteiger partial charge in [0.2, 0.25) is 5.91 Å². The molecule has 0 aromatic carbocycles. The Bertz CT molecular complexity index is 257. The van der Waals surface area contributed by atoms with Crippen molar-refractivity contribution >= 4 is 5.91 Å².